The Morgan fingerprint density at radius 3 is 2.65 bits per heavy atom. The monoisotopic (exact) mass is 499 g/mol. The minimum absolute atomic E-state index is 0.0736. The molecule has 1 atom stereocenters. The van der Waals surface area contributed by atoms with E-state index in [2.05, 4.69) is 0 Å². The van der Waals surface area contributed by atoms with Gasteiger partial charge in [-0.05, 0) is 55.7 Å². The van der Waals surface area contributed by atoms with Crippen molar-refractivity contribution < 1.29 is 18.7 Å². The van der Waals surface area contributed by atoms with Gasteiger partial charge in [0, 0.05) is 31.3 Å². The van der Waals surface area contributed by atoms with Crippen LogP contribution in [0.2, 0.25) is 0 Å². The zero-order valence-electron chi connectivity index (χ0n) is 21.1. The molecule has 1 saturated heterocycles. The van der Waals surface area contributed by atoms with Gasteiger partial charge in [0.2, 0.25) is 5.88 Å². The number of aromatic nitrogens is 2. The lowest BCUT2D eigenvalue weighted by molar-refractivity contribution is 0.0506. The molecule has 0 saturated carbocycles. The Kier molecular flexibility index (Phi) is 7.32. The maximum Gasteiger partial charge on any atom is 0.254 e. The normalized spacial score (nSPS) is 15.1. The standard InChI is InChI=1S/C30H30FN3O3/c1-21-9-6-14-25(17-21)37-30-27(28(32-33(30)2)22-10-4-3-5-11-22)20-34(19-26-15-8-16-36-26)29(35)23-12-7-13-24(31)18-23/h3-7,9-14,17-18,26H,8,15-16,19-20H2,1-2H3/t26-/m1/s1. The predicted molar refractivity (Wildman–Crippen MR) is 140 cm³/mol. The molecule has 0 bridgehead atoms. The molecule has 2 heterocycles. The van der Waals surface area contributed by atoms with Gasteiger partial charge in [-0.2, -0.15) is 5.10 Å². The quantitative estimate of drug-likeness (QED) is 0.292. The van der Waals surface area contributed by atoms with Gasteiger partial charge in [-0.15, -0.1) is 0 Å². The van der Waals surface area contributed by atoms with E-state index in [4.69, 9.17) is 14.6 Å². The smallest absolute Gasteiger partial charge is 0.254 e. The summed E-state index contributed by atoms with van der Waals surface area (Å²) in [7, 11) is 1.83. The highest BCUT2D eigenvalue weighted by Gasteiger charge is 2.28. The number of amides is 1. The van der Waals surface area contributed by atoms with Crippen LogP contribution in [0.25, 0.3) is 11.3 Å². The molecule has 3 aromatic carbocycles. The minimum atomic E-state index is -0.447. The summed E-state index contributed by atoms with van der Waals surface area (Å²) in [6, 6.07) is 23.4. The molecule has 0 aliphatic carbocycles. The molecule has 190 valence electrons. The van der Waals surface area contributed by atoms with Crippen molar-refractivity contribution in [1.82, 2.24) is 14.7 Å². The fraction of sp³-hybridized carbons (Fsp3) is 0.267. The highest BCUT2D eigenvalue weighted by atomic mass is 19.1. The van der Waals surface area contributed by atoms with Gasteiger partial charge >= 0.3 is 0 Å². The number of hydrogen-bond acceptors (Lipinski definition) is 4. The third-order valence-electron chi connectivity index (χ3n) is 6.49. The van der Waals surface area contributed by atoms with E-state index in [9.17, 15) is 9.18 Å². The number of rotatable bonds is 8. The molecule has 1 aliphatic heterocycles. The van der Waals surface area contributed by atoms with Gasteiger partial charge in [0.1, 0.15) is 17.3 Å². The lowest BCUT2D eigenvalue weighted by atomic mass is 10.1. The van der Waals surface area contributed by atoms with Crippen LogP contribution in [0, 0.1) is 12.7 Å². The van der Waals surface area contributed by atoms with Crippen LogP contribution in [0.4, 0.5) is 4.39 Å². The average molecular weight is 500 g/mol. The Labute approximate surface area is 216 Å². The van der Waals surface area contributed by atoms with E-state index in [0.717, 1.165) is 35.2 Å². The SMILES string of the molecule is Cc1cccc(Oc2c(CN(C[C@H]3CCCO3)C(=O)c3cccc(F)c3)c(-c3ccccc3)nn2C)c1. The summed E-state index contributed by atoms with van der Waals surface area (Å²) in [5.74, 6) is 0.525. The van der Waals surface area contributed by atoms with Crippen LogP contribution in [0.1, 0.15) is 34.3 Å². The second-order valence-corrected chi connectivity index (χ2v) is 9.37. The van der Waals surface area contributed by atoms with Gasteiger partial charge in [-0.25, -0.2) is 9.07 Å². The summed E-state index contributed by atoms with van der Waals surface area (Å²) in [5.41, 5.74) is 3.80. The summed E-state index contributed by atoms with van der Waals surface area (Å²) in [6.45, 7) is 3.31. The number of aryl methyl sites for hydroxylation is 2. The van der Waals surface area contributed by atoms with Crippen LogP contribution in [-0.2, 0) is 18.3 Å². The van der Waals surface area contributed by atoms with Crippen LogP contribution in [-0.4, -0.2) is 39.8 Å². The molecular weight excluding hydrogens is 469 g/mol. The van der Waals surface area contributed by atoms with Gasteiger partial charge in [0.25, 0.3) is 5.91 Å². The number of hydrogen-bond donors (Lipinski definition) is 0. The van der Waals surface area contributed by atoms with Crippen LogP contribution in [0.15, 0.2) is 78.9 Å². The molecule has 1 amide bonds. The van der Waals surface area contributed by atoms with E-state index in [-0.39, 0.29) is 18.6 Å². The fourth-order valence-corrected chi connectivity index (χ4v) is 4.69. The number of carbonyl (C=O) groups is 1. The molecule has 1 aliphatic rings. The summed E-state index contributed by atoms with van der Waals surface area (Å²) in [6.07, 6.45) is 1.75. The number of nitrogens with zero attached hydrogens (tertiary/aromatic N) is 3. The number of benzene rings is 3. The molecule has 37 heavy (non-hydrogen) atoms. The van der Waals surface area contributed by atoms with Crippen molar-refractivity contribution >= 4 is 5.91 Å². The van der Waals surface area contributed by atoms with Gasteiger partial charge in [0.15, 0.2) is 0 Å². The number of ether oxygens (including phenoxy) is 2. The molecule has 0 N–H and O–H groups in total. The Bertz CT molecular complexity index is 1380. The Morgan fingerprint density at radius 1 is 1.11 bits per heavy atom. The third-order valence-corrected chi connectivity index (χ3v) is 6.49. The van der Waals surface area contributed by atoms with E-state index in [1.807, 2.05) is 68.6 Å². The molecule has 1 aromatic heterocycles. The Morgan fingerprint density at radius 2 is 1.92 bits per heavy atom. The van der Waals surface area contributed by atoms with Crippen molar-refractivity contribution in [2.75, 3.05) is 13.2 Å². The van der Waals surface area contributed by atoms with Crippen LogP contribution in [0.5, 0.6) is 11.6 Å². The lowest BCUT2D eigenvalue weighted by Gasteiger charge is -2.26. The highest BCUT2D eigenvalue weighted by molar-refractivity contribution is 5.94. The van der Waals surface area contributed by atoms with E-state index >= 15 is 0 Å². The minimum Gasteiger partial charge on any atom is -0.439 e. The second-order valence-electron chi connectivity index (χ2n) is 9.37. The summed E-state index contributed by atoms with van der Waals surface area (Å²) in [4.78, 5) is 15.4. The lowest BCUT2D eigenvalue weighted by Crippen LogP contribution is -2.37. The van der Waals surface area contributed by atoms with Crippen LogP contribution in [0.3, 0.4) is 0 Å². The number of halogens is 1. The summed E-state index contributed by atoms with van der Waals surface area (Å²) < 4.78 is 28.0. The molecule has 0 unspecified atom stereocenters. The third kappa shape index (κ3) is 5.73. The molecule has 0 radical (unpaired) electrons. The average Bonchev–Trinajstić information content (AvgIpc) is 3.52. The molecule has 1 fully saturated rings. The van der Waals surface area contributed by atoms with Gasteiger partial charge in [0.05, 0.1) is 18.2 Å². The first-order chi connectivity index (χ1) is 18.0. The fourth-order valence-electron chi connectivity index (χ4n) is 4.69. The van der Waals surface area contributed by atoms with E-state index < -0.39 is 5.82 Å². The highest BCUT2D eigenvalue weighted by Crippen LogP contribution is 2.35. The zero-order chi connectivity index (χ0) is 25.8. The van der Waals surface area contributed by atoms with E-state index in [1.165, 1.54) is 12.1 Å². The Balaban J connectivity index is 1.57. The molecule has 4 aromatic rings. The Hall–Kier alpha value is -3.97. The maximum absolute atomic E-state index is 14.0. The molecule has 7 heteroatoms. The van der Waals surface area contributed by atoms with Crippen molar-refractivity contribution in [3.8, 4) is 22.9 Å². The number of carbonyl (C=O) groups excluding carboxylic acids is 1. The first-order valence-corrected chi connectivity index (χ1v) is 12.5. The topological polar surface area (TPSA) is 56.6 Å². The van der Waals surface area contributed by atoms with Gasteiger partial charge in [-0.1, -0.05) is 48.5 Å². The predicted octanol–water partition coefficient (Wildman–Crippen LogP) is 6.15. The van der Waals surface area contributed by atoms with Crippen molar-refractivity contribution in [2.24, 2.45) is 7.05 Å². The van der Waals surface area contributed by atoms with Gasteiger partial charge in [-0.3, -0.25) is 4.79 Å². The molecule has 6 nitrogen and oxygen atoms in total. The van der Waals surface area contributed by atoms with Crippen LogP contribution < -0.4 is 4.74 Å². The zero-order valence-corrected chi connectivity index (χ0v) is 21.1. The molecule has 5 rings (SSSR count). The maximum atomic E-state index is 14.0. The van der Waals surface area contributed by atoms with E-state index in [0.29, 0.717) is 30.3 Å². The van der Waals surface area contributed by atoms with Crippen LogP contribution >= 0.6 is 0 Å². The molecule has 0 spiro atoms. The van der Waals surface area contributed by atoms with Gasteiger partial charge < -0.3 is 14.4 Å². The van der Waals surface area contributed by atoms with Crippen molar-refractivity contribution in [1.29, 1.82) is 0 Å². The second kappa shape index (κ2) is 11.0. The summed E-state index contributed by atoms with van der Waals surface area (Å²) >= 11 is 0. The van der Waals surface area contributed by atoms with Crippen molar-refractivity contribution in [3.63, 3.8) is 0 Å². The van der Waals surface area contributed by atoms with E-state index in [1.54, 1.807) is 21.7 Å². The molecular formula is C30H30FN3O3. The largest absolute Gasteiger partial charge is 0.439 e. The summed E-state index contributed by atoms with van der Waals surface area (Å²) in [5, 5.41) is 4.79. The van der Waals surface area contributed by atoms with Crippen molar-refractivity contribution in [2.45, 2.75) is 32.4 Å². The first kappa shape index (κ1) is 24.7. The first-order valence-electron chi connectivity index (χ1n) is 12.5. The van der Waals surface area contributed by atoms with Crippen molar-refractivity contribution in [3.05, 3.63) is 101 Å².